The van der Waals surface area contributed by atoms with Crippen molar-refractivity contribution in [2.24, 2.45) is 7.05 Å². The number of anilines is 1. The van der Waals surface area contributed by atoms with Crippen LogP contribution in [0.4, 0.5) is 5.69 Å². The highest BCUT2D eigenvalue weighted by atomic mass is 32.1. The molecule has 0 saturated carbocycles. The number of nitrogens with one attached hydrogen (secondary N) is 2. The number of benzene rings is 1. The van der Waals surface area contributed by atoms with Gasteiger partial charge in [-0.3, -0.25) is 14.3 Å². The van der Waals surface area contributed by atoms with Crippen LogP contribution in [-0.4, -0.2) is 32.1 Å². The third-order valence-corrected chi connectivity index (χ3v) is 5.32. The maximum atomic E-state index is 12.4. The molecule has 8 heteroatoms. The number of aryl methyl sites for hydroxylation is 1. The van der Waals surface area contributed by atoms with E-state index in [2.05, 4.69) is 20.7 Å². The Morgan fingerprint density at radius 3 is 2.50 bits per heavy atom. The summed E-state index contributed by atoms with van der Waals surface area (Å²) in [6.45, 7) is 5.98. The summed E-state index contributed by atoms with van der Waals surface area (Å²) in [5, 5.41) is 12.4. The third kappa shape index (κ3) is 4.64. The molecule has 0 atom stereocenters. The first-order valence-electron chi connectivity index (χ1n) is 8.96. The molecule has 0 radical (unpaired) electrons. The zero-order valence-corrected chi connectivity index (χ0v) is 17.1. The van der Waals surface area contributed by atoms with Gasteiger partial charge in [-0.25, -0.2) is 4.98 Å². The third-order valence-electron chi connectivity index (χ3n) is 4.43. The molecule has 1 aromatic carbocycles. The minimum absolute atomic E-state index is 0.134. The largest absolute Gasteiger partial charge is 0.347 e. The molecule has 3 rings (SSSR count). The summed E-state index contributed by atoms with van der Waals surface area (Å²) >= 11 is 1.39. The average Bonchev–Trinajstić information content (AvgIpc) is 3.31. The molecule has 0 unspecified atom stereocenters. The first-order valence-corrected chi connectivity index (χ1v) is 9.84. The van der Waals surface area contributed by atoms with Gasteiger partial charge in [-0.1, -0.05) is 6.92 Å². The van der Waals surface area contributed by atoms with Crippen LogP contribution in [0.3, 0.4) is 0 Å². The number of nitrogens with zero attached hydrogens (tertiary/aromatic N) is 3. The van der Waals surface area contributed by atoms with E-state index in [1.165, 1.54) is 11.3 Å². The zero-order chi connectivity index (χ0) is 20.3. The molecule has 3 aromatic rings. The highest BCUT2D eigenvalue weighted by Crippen LogP contribution is 2.23. The Balaban J connectivity index is 1.65. The zero-order valence-electron chi connectivity index (χ0n) is 16.3. The topological polar surface area (TPSA) is 88.9 Å². The number of thiazole rings is 1. The quantitative estimate of drug-likeness (QED) is 0.663. The van der Waals surface area contributed by atoms with Crippen molar-refractivity contribution in [3.8, 4) is 10.6 Å². The highest BCUT2D eigenvalue weighted by molar-refractivity contribution is 7.13. The molecule has 7 nitrogen and oxygen atoms in total. The Kier molecular flexibility index (Phi) is 5.60. The Hall–Kier alpha value is -3.00. The van der Waals surface area contributed by atoms with Crippen LogP contribution in [0, 0.1) is 0 Å². The van der Waals surface area contributed by atoms with Gasteiger partial charge in [0.25, 0.3) is 11.8 Å². The molecule has 0 fully saturated rings. The van der Waals surface area contributed by atoms with Crippen molar-refractivity contribution in [1.29, 1.82) is 0 Å². The molecule has 2 heterocycles. The average molecular weight is 398 g/mol. The molecule has 146 valence electrons. The van der Waals surface area contributed by atoms with E-state index < -0.39 is 0 Å². The van der Waals surface area contributed by atoms with Crippen LogP contribution >= 0.6 is 11.3 Å². The standard InChI is InChI=1S/C20H23N5O2S/c1-5-20(2,3)24-17(26)13-6-8-15(9-7-13)22-18(27)16-12-28-19(23-16)14-10-21-25(4)11-14/h6-12H,5H2,1-4H3,(H,22,27)(H,24,26). The van der Waals surface area contributed by atoms with Crippen LogP contribution in [-0.2, 0) is 7.05 Å². The normalized spacial score (nSPS) is 11.3. The maximum Gasteiger partial charge on any atom is 0.275 e. The van der Waals surface area contributed by atoms with E-state index in [0.29, 0.717) is 16.9 Å². The molecule has 0 aliphatic carbocycles. The lowest BCUT2D eigenvalue weighted by atomic mass is 10.0. The Bertz CT molecular complexity index is 988. The number of carbonyl (C=O) groups excluding carboxylic acids is 2. The summed E-state index contributed by atoms with van der Waals surface area (Å²) in [6, 6.07) is 6.80. The Morgan fingerprint density at radius 2 is 1.89 bits per heavy atom. The van der Waals surface area contributed by atoms with Crippen LogP contribution in [0.2, 0.25) is 0 Å². The molecule has 0 bridgehead atoms. The highest BCUT2D eigenvalue weighted by Gasteiger charge is 2.19. The van der Waals surface area contributed by atoms with E-state index in [-0.39, 0.29) is 17.4 Å². The van der Waals surface area contributed by atoms with Crippen LogP contribution in [0.25, 0.3) is 10.6 Å². The molecule has 2 aromatic heterocycles. The summed E-state index contributed by atoms with van der Waals surface area (Å²) < 4.78 is 1.69. The fraction of sp³-hybridized carbons (Fsp3) is 0.300. The molecule has 0 saturated heterocycles. The van der Waals surface area contributed by atoms with Crippen molar-refractivity contribution >= 4 is 28.8 Å². The van der Waals surface area contributed by atoms with Gasteiger partial charge >= 0.3 is 0 Å². The first kappa shape index (κ1) is 19.8. The molecule has 0 aliphatic heterocycles. The predicted octanol–water partition coefficient (Wildman–Crippen LogP) is 3.71. The fourth-order valence-electron chi connectivity index (χ4n) is 2.41. The molecule has 2 amide bonds. The van der Waals surface area contributed by atoms with Crippen molar-refractivity contribution in [3.63, 3.8) is 0 Å². The summed E-state index contributed by atoms with van der Waals surface area (Å²) in [4.78, 5) is 29.1. The van der Waals surface area contributed by atoms with Crippen molar-refractivity contribution in [1.82, 2.24) is 20.1 Å². The van der Waals surface area contributed by atoms with E-state index in [1.54, 1.807) is 40.5 Å². The van der Waals surface area contributed by atoms with Crippen LogP contribution in [0.15, 0.2) is 42.0 Å². The van der Waals surface area contributed by atoms with Gasteiger partial charge < -0.3 is 10.6 Å². The van der Waals surface area contributed by atoms with Gasteiger partial charge in [-0.15, -0.1) is 11.3 Å². The minimum Gasteiger partial charge on any atom is -0.347 e. The van der Waals surface area contributed by atoms with Crippen molar-refractivity contribution < 1.29 is 9.59 Å². The lowest BCUT2D eigenvalue weighted by molar-refractivity contribution is 0.0911. The lowest BCUT2D eigenvalue weighted by Crippen LogP contribution is -2.42. The predicted molar refractivity (Wildman–Crippen MR) is 111 cm³/mol. The molecular weight excluding hydrogens is 374 g/mol. The number of carbonyl (C=O) groups is 2. The van der Waals surface area contributed by atoms with E-state index >= 15 is 0 Å². The smallest absolute Gasteiger partial charge is 0.275 e. The number of rotatable bonds is 6. The summed E-state index contributed by atoms with van der Waals surface area (Å²) in [6.07, 6.45) is 4.40. The fourth-order valence-corrected chi connectivity index (χ4v) is 3.19. The molecule has 0 aliphatic rings. The second-order valence-electron chi connectivity index (χ2n) is 7.16. The number of aromatic nitrogens is 3. The first-order chi connectivity index (χ1) is 13.3. The Morgan fingerprint density at radius 1 is 1.18 bits per heavy atom. The second kappa shape index (κ2) is 7.93. The van der Waals surface area contributed by atoms with Gasteiger partial charge in [0.2, 0.25) is 0 Å². The van der Waals surface area contributed by atoms with Crippen LogP contribution in [0.5, 0.6) is 0 Å². The van der Waals surface area contributed by atoms with Gasteiger partial charge in [0.05, 0.1) is 6.20 Å². The van der Waals surface area contributed by atoms with Crippen molar-refractivity contribution in [3.05, 3.63) is 53.3 Å². The number of hydrogen-bond acceptors (Lipinski definition) is 5. The summed E-state index contributed by atoms with van der Waals surface area (Å²) in [7, 11) is 1.83. The van der Waals surface area contributed by atoms with Crippen LogP contribution in [0.1, 0.15) is 48.0 Å². The van der Waals surface area contributed by atoms with E-state index in [1.807, 2.05) is 34.0 Å². The van der Waals surface area contributed by atoms with Gasteiger partial charge in [-0.2, -0.15) is 5.10 Å². The van der Waals surface area contributed by atoms with Gasteiger partial charge in [0.1, 0.15) is 10.7 Å². The van der Waals surface area contributed by atoms with Gasteiger partial charge in [0, 0.05) is 41.0 Å². The van der Waals surface area contributed by atoms with Crippen molar-refractivity contribution in [2.45, 2.75) is 32.7 Å². The van der Waals surface area contributed by atoms with Crippen molar-refractivity contribution in [2.75, 3.05) is 5.32 Å². The number of amides is 2. The summed E-state index contributed by atoms with van der Waals surface area (Å²) in [5.74, 6) is -0.430. The molecule has 0 spiro atoms. The van der Waals surface area contributed by atoms with E-state index in [4.69, 9.17) is 0 Å². The monoisotopic (exact) mass is 397 g/mol. The van der Waals surface area contributed by atoms with E-state index in [0.717, 1.165) is 17.0 Å². The Labute approximate surface area is 167 Å². The van der Waals surface area contributed by atoms with E-state index in [9.17, 15) is 9.59 Å². The van der Waals surface area contributed by atoms with Gasteiger partial charge in [0.15, 0.2) is 0 Å². The molecular formula is C20H23N5O2S. The minimum atomic E-state index is -0.296. The summed E-state index contributed by atoms with van der Waals surface area (Å²) in [5.41, 5.74) is 2.10. The lowest BCUT2D eigenvalue weighted by Gasteiger charge is -2.24. The SMILES string of the molecule is CCC(C)(C)NC(=O)c1ccc(NC(=O)c2csc(-c3cnn(C)c3)n2)cc1. The number of hydrogen-bond donors (Lipinski definition) is 2. The van der Waals surface area contributed by atoms with Gasteiger partial charge in [-0.05, 0) is 44.5 Å². The van der Waals surface area contributed by atoms with Crippen LogP contribution < -0.4 is 10.6 Å². The molecule has 28 heavy (non-hydrogen) atoms. The molecule has 2 N–H and O–H groups in total. The maximum absolute atomic E-state index is 12.4. The second-order valence-corrected chi connectivity index (χ2v) is 8.02.